The minimum Gasteiger partial charge on any atom is -0.313 e. The lowest BCUT2D eigenvalue weighted by Crippen LogP contribution is -2.12. The predicted octanol–water partition coefficient (Wildman–Crippen LogP) is 4.07. The molecule has 0 aliphatic carbocycles. The third-order valence-corrected chi connectivity index (χ3v) is 4.33. The molecule has 3 heteroatoms. The van der Waals surface area contributed by atoms with E-state index in [1.807, 2.05) is 19.1 Å². The van der Waals surface area contributed by atoms with Gasteiger partial charge >= 0.3 is 0 Å². The first-order valence-corrected chi connectivity index (χ1v) is 7.08. The summed E-state index contributed by atoms with van der Waals surface area (Å²) >= 11 is 1.62. The number of halogens is 1. The van der Waals surface area contributed by atoms with Crippen molar-refractivity contribution in [3.63, 3.8) is 0 Å². The monoisotopic (exact) mass is 255 g/mol. The normalized spacial score (nSPS) is 13.1. The van der Waals surface area contributed by atoms with Gasteiger partial charge in [0, 0.05) is 16.7 Å². The number of rotatable bonds is 6. The van der Waals surface area contributed by atoms with E-state index < -0.39 is 0 Å². The van der Waals surface area contributed by atoms with Crippen LogP contribution in [0.2, 0.25) is 0 Å². The van der Waals surface area contributed by atoms with Gasteiger partial charge in [0.15, 0.2) is 0 Å². The minimum absolute atomic E-state index is 0.0992. The molecule has 0 saturated carbocycles. The van der Waals surface area contributed by atoms with Crippen molar-refractivity contribution in [3.8, 4) is 0 Å². The maximum Gasteiger partial charge on any atom is 0.137 e. The average Bonchev–Trinajstić information content (AvgIpc) is 2.29. The summed E-state index contributed by atoms with van der Waals surface area (Å²) < 4.78 is 13.9. The van der Waals surface area contributed by atoms with Gasteiger partial charge in [-0.15, -0.1) is 11.8 Å². The van der Waals surface area contributed by atoms with Crippen LogP contribution in [0.5, 0.6) is 0 Å². The number of nitrogens with one attached hydrogen (secondary N) is 1. The first-order chi connectivity index (χ1) is 8.04. The lowest BCUT2D eigenvalue weighted by molar-refractivity contribution is 0.593. The zero-order chi connectivity index (χ0) is 12.8. The number of thioether (sulfide) groups is 1. The fourth-order valence-electron chi connectivity index (χ4n) is 1.36. The largest absolute Gasteiger partial charge is 0.313 e. The van der Waals surface area contributed by atoms with Gasteiger partial charge in [-0.05, 0) is 30.2 Å². The molecule has 1 aromatic carbocycles. The van der Waals surface area contributed by atoms with Crippen LogP contribution in [0.1, 0.15) is 33.3 Å². The van der Waals surface area contributed by atoms with Gasteiger partial charge in [-0.2, -0.15) is 0 Å². The van der Waals surface area contributed by atoms with Crippen LogP contribution >= 0.6 is 11.8 Å². The van der Waals surface area contributed by atoms with Crippen LogP contribution in [-0.4, -0.2) is 11.8 Å². The second kappa shape index (κ2) is 7.02. The summed E-state index contributed by atoms with van der Waals surface area (Å²) in [4.78, 5) is 0.756. The molecule has 0 saturated heterocycles. The molecule has 96 valence electrons. The van der Waals surface area contributed by atoms with Crippen LogP contribution in [0.25, 0.3) is 0 Å². The highest BCUT2D eigenvalue weighted by molar-refractivity contribution is 8.00. The van der Waals surface area contributed by atoms with Crippen molar-refractivity contribution >= 4 is 11.8 Å². The molecule has 1 N–H and O–H groups in total. The molecule has 0 radical (unpaired) electrons. The number of hydrogen-bond acceptors (Lipinski definition) is 2. The average molecular weight is 255 g/mol. The quantitative estimate of drug-likeness (QED) is 0.769. The molecule has 0 aromatic heterocycles. The van der Waals surface area contributed by atoms with Crippen LogP contribution < -0.4 is 5.32 Å². The van der Waals surface area contributed by atoms with Crippen molar-refractivity contribution in [2.45, 2.75) is 44.4 Å². The predicted molar refractivity (Wildman–Crippen MR) is 73.9 cm³/mol. The molecule has 0 fully saturated rings. The molecule has 0 heterocycles. The Morgan fingerprint density at radius 2 is 2.00 bits per heavy atom. The van der Waals surface area contributed by atoms with Crippen molar-refractivity contribution in [1.29, 1.82) is 0 Å². The molecule has 1 unspecified atom stereocenters. The lowest BCUT2D eigenvalue weighted by atomic mass is 10.2. The Balaban J connectivity index is 2.69. The third kappa shape index (κ3) is 4.68. The van der Waals surface area contributed by atoms with E-state index in [1.54, 1.807) is 17.8 Å². The maximum absolute atomic E-state index is 13.9. The van der Waals surface area contributed by atoms with Crippen molar-refractivity contribution < 1.29 is 4.39 Å². The summed E-state index contributed by atoms with van der Waals surface area (Å²) in [6, 6.07) is 5.53. The Morgan fingerprint density at radius 3 is 2.53 bits per heavy atom. The third-order valence-electron chi connectivity index (χ3n) is 2.83. The summed E-state index contributed by atoms with van der Waals surface area (Å²) in [6.45, 7) is 10.1. The molecule has 0 amide bonds. The summed E-state index contributed by atoms with van der Waals surface area (Å²) in [6.07, 6.45) is 0. The SMILES string of the molecule is CCNCc1ccc(SC(C)C(C)C)c(F)c1. The Kier molecular flexibility index (Phi) is 6.00. The minimum atomic E-state index is -0.0992. The number of hydrogen-bond donors (Lipinski definition) is 1. The van der Waals surface area contributed by atoms with Crippen molar-refractivity contribution in [2.24, 2.45) is 5.92 Å². The second-order valence-corrected chi connectivity index (χ2v) is 6.03. The number of benzene rings is 1. The summed E-state index contributed by atoms with van der Waals surface area (Å²) in [5.41, 5.74) is 1.01. The van der Waals surface area contributed by atoms with Gasteiger partial charge in [-0.3, -0.25) is 0 Å². The van der Waals surface area contributed by atoms with Crippen LogP contribution in [0.15, 0.2) is 23.1 Å². The molecular weight excluding hydrogens is 233 g/mol. The zero-order valence-electron chi connectivity index (χ0n) is 11.1. The van der Waals surface area contributed by atoms with Crippen LogP contribution in [0, 0.1) is 11.7 Å². The van der Waals surface area contributed by atoms with E-state index in [9.17, 15) is 4.39 Å². The van der Waals surface area contributed by atoms with Gasteiger partial charge in [0.05, 0.1) is 0 Å². The van der Waals surface area contributed by atoms with Gasteiger partial charge in [0.1, 0.15) is 5.82 Å². The Morgan fingerprint density at radius 1 is 1.29 bits per heavy atom. The molecule has 1 rings (SSSR count). The van der Waals surface area contributed by atoms with Crippen LogP contribution in [0.4, 0.5) is 4.39 Å². The highest BCUT2D eigenvalue weighted by Crippen LogP contribution is 2.30. The standard InChI is InChI=1S/C14H22FNS/c1-5-16-9-12-6-7-14(13(15)8-12)17-11(4)10(2)3/h6-8,10-11,16H,5,9H2,1-4H3. The van der Waals surface area contributed by atoms with Gasteiger partial charge in [0.25, 0.3) is 0 Å². The van der Waals surface area contributed by atoms with E-state index in [0.29, 0.717) is 11.2 Å². The molecule has 1 atom stereocenters. The van der Waals surface area contributed by atoms with Crippen molar-refractivity contribution in [1.82, 2.24) is 5.32 Å². The van der Waals surface area contributed by atoms with E-state index in [2.05, 4.69) is 26.1 Å². The zero-order valence-corrected chi connectivity index (χ0v) is 11.9. The van der Waals surface area contributed by atoms with Crippen LogP contribution in [0.3, 0.4) is 0 Å². The first kappa shape index (κ1) is 14.5. The molecule has 0 bridgehead atoms. The lowest BCUT2D eigenvalue weighted by Gasteiger charge is -2.15. The molecular formula is C14H22FNS. The van der Waals surface area contributed by atoms with E-state index in [4.69, 9.17) is 0 Å². The maximum atomic E-state index is 13.9. The summed E-state index contributed by atoms with van der Waals surface area (Å²) in [5, 5.41) is 3.63. The van der Waals surface area contributed by atoms with E-state index in [0.717, 1.165) is 23.5 Å². The summed E-state index contributed by atoms with van der Waals surface area (Å²) in [7, 11) is 0. The molecule has 0 aliphatic heterocycles. The van der Waals surface area contributed by atoms with Gasteiger partial charge < -0.3 is 5.32 Å². The fourth-order valence-corrected chi connectivity index (χ4v) is 2.35. The van der Waals surface area contributed by atoms with E-state index >= 15 is 0 Å². The molecule has 17 heavy (non-hydrogen) atoms. The van der Waals surface area contributed by atoms with Crippen molar-refractivity contribution in [3.05, 3.63) is 29.6 Å². The topological polar surface area (TPSA) is 12.0 Å². The van der Waals surface area contributed by atoms with E-state index in [-0.39, 0.29) is 5.82 Å². The molecule has 1 aromatic rings. The summed E-state index contributed by atoms with van der Waals surface area (Å²) in [5.74, 6) is 0.457. The van der Waals surface area contributed by atoms with Gasteiger partial charge in [-0.1, -0.05) is 33.8 Å². The highest BCUT2D eigenvalue weighted by Gasteiger charge is 2.12. The molecule has 1 nitrogen and oxygen atoms in total. The van der Waals surface area contributed by atoms with Gasteiger partial charge in [0.2, 0.25) is 0 Å². The van der Waals surface area contributed by atoms with Gasteiger partial charge in [-0.25, -0.2) is 4.39 Å². The smallest absolute Gasteiger partial charge is 0.137 e. The Bertz CT molecular complexity index is 352. The van der Waals surface area contributed by atoms with Crippen molar-refractivity contribution in [2.75, 3.05) is 6.54 Å². The second-order valence-electron chi connectivity index (χ2n) is 4.61. The Hall–Kier alpha value is -0.540. The van der Waals surface area contributed by atoms with Crippen LogP contribution in [-0.2, 0) is 6.54 Å². The molecule has 0 aliphatic rings. The molecule has 0 spiro atoms. The van der Waals surface area contributed by atoms with E-state index in [1.165, 1.54) is 0 Å². The fraction of sp³-hybridized carbons (Fsp3) is 0.571. The highest BCUT2D eigenvalue weighted by atomic mass is 32.2. The first-order valence-electron chi connectivity index (χ1n) is 6.20. The Labute approximate surface area is 108 Å².